The maximum Gasteiger partial charge on any atom is 0.272 e. The zero-order chi connectivity index (χ0) is 22.9. The summed E-state index contributed by atoms with van der Waals surface area (Å²) in [5.74, 6) is 1.06. The SMILES string of the molecule is COc1ccc(OC)c2sc(N(Cc3cccnc3)C(=O)c3sc4ccccc4c3Cl)nc12. The van der Waals surface area contributed by atoms with Crippen molar-refractivity contribution in [2.75, 3.05) is 19.1 Å². The fourth-order valence-corrected chi connectivity index (χ4v) is 6.10. The minimum absolute atomic E-state index is 0.220. The molecule has 5 aromatic rings. The maximum absolute atomic E-state index is 13.9. The highest BCUT2D eigenvalue weighted by atomic mass is 35.5. The topological polar surface area (TPSA) is 64.6 Å². The quantitative estimate of drug-likeness (QED) is 0.272. The molecule has 3 heterocycles. The summed E-state index contributed by atoms with van der Waals surface area (Å²) in [5, 5.41) is 1.84. The van der Waals surface area contributed by atoms with Gasteiger partial charge in [-0.25, -0.2) is 4.98 Å². The van der Waals surface area contributed by atoms with Gasteiger partial charge >= 0.3 is 0 Å². The third-order valence-electron chi connectivity index (χ3n) is 5.17. The van der Waals surface area contributed by atoms with Crippen molar-refractivity contribution in [3.63, 3.8) is 0 Å². The number of pyridine rings is 1. The molecule has 0 spiro atoms. The Kier molecular flexibility index (Phi) is 5.88. The lowest BCUT2D eigenvalue weighted by atomic mass is 10.2. The van der Waals surface area contributed by atoms with Gasteiger partial charge in [-0.3, -0.25) is 14.7 Å². The van der Waals surface area contributed by atoms with Crippen LogP contribution in [0.4, 0.5) is 5.13 Å². The Bertz CT molecular complexity index is 1430. The molecule has 3 aromatic heterocycles. The molecule has 5 rings (SSSR count). The van der Waals surface area contributed by atoms with Crippen LogP contribution in [0.15, 0.2) is 60.9 Å². The van der Waals surface area contributed by atoms with Gasteiger partial charge in [0.1, 0.15) is 26.6 Å². The van der Waals surface area contributed by atoms with Crippen LogP contribution in [-0.4, -0.2) is 30.1 Å². The lowest BCUT2D eigenvalue weighted by Crippen LogP contribution is -2.30. The molecule has 0 saturated heterocycles. The van der Waals surface area contributed by atoms with E-state index in [4.69, 9.17) is 26.1 Å². The Morgan fingerprint density at radius 2 is 1.82 bits per heavy atom. The van der Waals surface area contributed by atoms with E-state index >= 15 is 0 Å². The van der Waals surface area contributed by atoms with Gasteiger partial charge in [0, 0.05) is 22.5 Å². The molecule has 0 bridgehead atoms. The number of anilines is 1. The van der Waals surface area contributed by atoms with Crippen LogP contribution in [0, 0.1) is 0 Å². The number of methoxy groups -OCH3 is 2. The minimum atomic E-state index is -0.220. The number of thiazole rings is 1. The lowest BCUT2D eigenvalue weighted by Gasteiger charge is -2.19. The lowest BCUT2D eigenvalue weighted by molar-refractivity contribution is 0.0989. The summed E-state index contributed by atoms with van der Waals surface area (Å²) in [7, 11) is 3.20. The van der Waals surface area contributed by atoms with E-state index in [1.54, 1.807) is 37.6 Å². The summed E-state index contributed by atoms with van der Waals surface area (Å²) in [4.78, 5) is 24.9. The highest BCUT2D eigenvalue weighted by Crippen LogP contribution is 2.42. The van der Waals surface area contributed by atoms with Crippen molar-refractivity contribution in [3.8, 4) is 11.5 Å². The molecule has 33 heavy (non-hydrogen) atoms. The minimum Gasteiger partial charge on any atom is -0.495 e. The second-order valence-electron chi connectivity index (χ2n) is 7.14. The van der Waals surface area contributed by atoms with Gasteiger partial charge in [-0.05, 0) is 29.8 Å². The number of hydrogen-bond acceptors (Lipinski definition) is 7. The summed E-state index contributed by atoms with van der Waals surface area (Å²) >= 11 is 9.40. The smallest absolute Gasteiger partial charge is 0.272 e. The highest BCUT2D eigenvalue weighted by Gasteiger charge is 2.27. The Balaban J connectivity index is 1.66. The van der Waals surface area contributed by atoms with Crippen LogP contribution in [-0.2, 0) is 6.54 Å². The molecule has 1 amide bonds. The third kappa shape index (κ3) is 3.90. The van der Waals surface area contributed by atoms with Gasteiger partial charge in [-0.1, -0.05) is 47.2 Å². The van der Waals surface area contributed by atoms with E-state index in [2.05, 4.69) is 4.98 Å². The standard InChI is InChI=1S/C24H18ClN3O3S2/c1-30-16-9-10-17(31-2)21-20(16)27-24(33-21)28(13-14-6-5-11-26-12-14)23(29)22-19(25)15-7-3-4-8-18(15)32-22/h3-12H,13H2,1-2H3. The largest absolute Gasteiger partial charge is 0.495 e. The van der Waals surface area contributed by atoms with Crippen LogP contribution < -0.4 is 14.4 Å². The number of aromatic nitrogens is 2. The summed E-state index contributed by atoms with van der Waals surface area (Å²) in [6.07, 6.45) is 3.44. The van der Waals surface area contributed by atoms with Crippen molar-refractivity contribution in [3.05, 3.63) is 76.4 Å². The fraction of sp³-hybridized carbons (Fsp3) is 0.125. The monoisotopic (exact) mass is 495 g/mol. The van der Waals surface area contributed by atoms with E-state index in [1.165, 1.54) is 22.7 Å². The van der Waals surface area contributed by atoms with Crippen LogP contribution in [0.25, 0.3) is 20.3 Å². The molecular formula is C24H18ClN3O3S2. The molecule has 0 aliphatic rings. The number of halogens is 1. The molecular weight excluding hydrogens is 478 g/mol. The fourth-order valence-electron chi connectivity index (χ4n) is 3.56. The number of carbonyl (C=O) groups excluding carboxylic acids is 1. The Hall–Kier alpha value is -3.20. The molecule has 0 N–H and O–H groups in total. The van der Waals surface area contributed by atoms with Crippen molar-refractivity contribution >= 4 is 65.6 Å². The first-order chi connectivity index (χ1) is 16.1. The number of thiophene rings is 1. The van der Waals surface area contributed by atoms with Gasteiger partial charge < -0.3 is 9.47 Å². The third-order valence-corrected chi connectivity index (χ3v) is 7.92. The number of nitrogens with zero attached hydrogens (tertiary/aromatic N) is 3. The molecule has 0 unspecified atom stereocenters. The molecule has 0 aliphatic heterocycles. The van der Waals surface area contributed by atoms with E-state index in [1.807, 2.05) is 42.5 Å². The molecule has 0 fully saturated rings. The molecule has 0 saturated carbocycles. The summed E-state index contributed by atoms with van der Waals surface area (Å²) < 4.78 is 12.8. The zero-order valence-corrected chi connectivity index (χ0v) is 20.1. The van der Waals surface area contributed by atoms with Gasteiger partial charge in [0.2, 0.25) is 0 Å². The van der Waals surface area contributed by atoms with Gasteiger partial charge in [0.15, 0.2) is 5.13 Å². The summed E-state index contributed by atoms with van der Waals surface area (Å²) in [6, 6.07) is 15.1. The Morgan fingerprint density at radius 3 is 2.55 bits per heavy atom. The van der Waals surface area contributed by atoms with Crippen molar-refractivity contribution in [2.45, 2.75) is 6.54 Å². The average molecular weight is 496 g/mol. The molecule has 0 aliphatic carbocycles. The molecule has 0 atom stereocenters. The summed E-state index contributed by atoms with van der Waals surface area (Å²) in [5.41, 5.74) is 1.52. The summed E-state index contributed by atoms with van der Waals surface area (Å²) in [6.45, 7) is 0.293. The first-order valence-electron chi connectivity index (χ1n) is 10.00. The molecule has 2 aromatic carbocycles. The van der Waals surface area contributed by atoms with Crippen LogP contribution in [0.3, 0.4) is 0 Å². The Morgan fingerprint density at radius 1 is 1.03 bits per heavy atom. The number of hydrogen-bond donors (Lipinski definition) is 0. The van der Waals surface area contributed by atoms with Crippen molar-refractivity contribution in [1.29, 1.82) is 0 Å². The van der Waals surface area contributed by atoms with E-state index in [0.29, 0.717) is 38.6 Å². The normalized spacial score (nSPS) is 11.1. The van der Waals surface area contributed by atoms with E-state index in [9.17, 15) is 4.79 Å². The van der Waals surface area contributed by atoms with Gasteiger partial charge in [0.25, 0.3) is 5.91 Å². The first-order valence-corrected chi connectivity index (χ1v) is 12.0. The molecule has 6 nitrogen and oxygen atoms in total. The number of rotatable bonds is 6. The zero-order valence-electron chi connectivity index (χ0n) is 17.7. The second kappa shape index (κ2) is 8.97. The predicted octanol–water partition coefficient (Wildman–Crippen LogP) is 6.42. The maximum atomic E-state index is 13.9. The first kappa shape index (κ1) is 21.6. The Labute approximate surface area is 203 Å². The van der Waals surface area contributed by atoms with Crippen LogP contribution >= 0.6 is 34.3 Å². The van der Waals surface area contributed by atoms with Gasteiger partial charge in [0.05, 0.1) is 25.8 Å². The number of carbonyl (C=O) groups is 1. The van der Waals surface area contributed by atoms with Crippen LogP contribution in [0.2, 0.25) is 5.02 Å². The van der Waals surface area contributed by atoms with Crippen molar-refractivity contribution in [2.24, 2.45) is 0 Å². The number of fused-ring (bicyclic) bond motifs is 2. The average Bonchev–Trinajstić information content (AvgIpc) is 3.44. The molecule has 9 heteroatoms. The highest BCUT2D eigenvalue weighted by molar-refractivity contribution is 7.23. The predicted molar refractivity (Wildman–Crippen MR) is 134 cm³/mol. The van der Waals surface area contributed by atoms with Gasteiger partial charge in [-0.15, -0.1) is 11.3 Å². The van der Waals surface area contributed by atoms with E-state index < -0.39 is 0 Å². The van der Waals surface area contributed by atoms with E-state index in [-0.39, 0.29) is 5.91 Å². The number of benzene rings is 2. The molecule has 0 radical (unpaired) electrons. The van der Waals surface area contributed by atoms with Crippen molar-refractivity contribution < 1.29 is 14.3 Å². The van der Waals surface area contributed by atoms with Crippen LogP contribution in [0.5, 0.6) is 11.5 Å². The van der Waals surface area contributed by atoms with Crippen molar-refractivity contribution in [1.82, 2.24) is 9.97 Å². The molecule has 166 valence electrons. The number of amides is 1. The number of ether oxygens (including phenoxy) is 2. The second-order valence-corrected chi connectivity index (χ2v) is 9.55. The van der Waals surface area contributed by atoms with E-state index in [0.717, 1.165) is 20.3 Å². The van der Waals surface area contributed by atoms with Gasteiger partial charge in [-0.2, -0.15) is 0 Å². The van der Waals surface area contributed by atoms with Crippen LogP contribution in [0.1, 0.15) is 15.2 Å².